The smallest absolute Gasteiger partial charge is 0.257 e. The summed E-state index contributed by atoms with van der Waals surface area (Å²) in [7, 11) is 0. The van der Waals surface area contributed by atoms with Crippen LogP contribution in [0.2, 0.25) is 0 Å². The van der Waals surface area contributed by atoms with Gasteiger partial charge in [-0.05, 0) is 37.7 Å². The van der Waals surface area contributed by atoms with Gasteiger partial charge in [0.15, 0.2) is 0 Å². The molecule has 122 valence electrons. The van der Waals surface area contributed by atoms with Crippen molar-refractivity contribution in [3.8, 4) is 0 Å². The average molecular weight is 306 g/mol. The molecular formula is C17H26N2O3. The largest absolute Gasteiger partial charge is 0.472 e. The van der Waals surface area contributed by atoms with Gasteiger partial charge in [-0.2, -0.15) is 0 Å². The molecule has 1 saturated carbocycles. The number of rotatable bonds is 3. The Bertz CT molecular complexity index is 484. The van der Waals surface area contributed by atoms with Gasteiger partial charge in [-0.25, -0.2) is 0 Å². The van der Waals surface area contributed by atoms with Crippen LogP contribution in [0, 0.1) is 5.92 Å². The highest BCUT2D eigenvalue weighted by molar-refractivity contribution is 5.93. The monoisotopic (exact) mass is 306 g/mol. The number of carbonyl (C=O) groups is 1. The highest BCUT2D eigenvalue weighted by Gasteiger charge is 2.34. The maximum Gasteiger partial charge on any atom is 0.257 e. The highest BCUT2D eigenvalue weighted by atomic mass is 16.3. The minimum atomic E-state index is -0.525. The number of hydrogen-bond acceptors (Lipinski definition) is 4. The lowest BCUT2D eigenvalue weighted by Crippen LogP contribution is -2.53. The van der Waals surface area contributed by atoms with E-state index >= 15 is 0 Å². The summed E-state index contributed by atoms with van der Waals surface area (Å²) >= 11 is 0. The Balaban J connectivity index is 1.49. The van der Waals surface area contributed by atoms with Crippen LogP contribution in [0.15, 0.2) is 23.0 Å². The third-order valence-corrected chi connectivity index (χ3v) is 5.15. The summed E-state index contributed by atoms with van der Waals surface area (Å²) in [6, 6.07) is 1.71. The van der Waals surface area contributed by atoms with Crippen LogP contribution >= 0.6 is 0 Å². The van der Waals surface area contributed by atoms with Crippen molar-refractivity contribution in [2.75, 3.05) is 32.7 Å². The first kappa shape index (κ1) is 15.6. The molecule has 2 fully saturated rings. The van der Waals surface area contributed by atoms with Gasteiger partial charge >= 0.3 is 0 Å². The zero-order chi connectivity index (χ0) is 15.6. The molecule has 5 nitrogen and oxygen atoms in total. The van der Waals surface area contributed by atoms with Crippen molar-refractivity contribution in [1.29, 1.82) is 0 Å². The first-order valence-electron chi connectivity index (χ1n) is 8.32. The molecule has 0 radical (unpaired) electrons. The molecule has 0 spiro atoms. The lowest BCUT2D eigenvalue weighted by Gasteiger charge is -2.42. The molecule has 2 aliphatic rings. The van der Waals surface area contributed by atoms with Crippen LogP contribution in [0.4, 0.5) is 0 Å². The van der Waals surface area contributed by atoms with Crippen LogP contribution in [-0.2, 0) is 0 Å². The Hall–Kier alpha value is -1.33. The van der Waals surface area contributed by atoms with E-state index in [9.17, 15) is 9.90 Å². The molecule has 3 rings (SSSR count). The molecule has 1 aliphatic heterocycles. The van der Waals surface area contributed by atoms with E-state index in [-0.39, 0.29) is 5.91 Å². The predicted molar refractivity (Wildman–Crippen MR) is 83.6 cm³/mol. The van der Waals surface area contributed by atoms with E-state index in [1.807, 2.05) is 4.90 Å². The normalized spacial score (nSPS) is 30.5. The van der Waals surface area contributed by atoms with E-state index in [2.05, 4.69) is 11.8 Å². The second-order valence-electron chi connectivity index (χ2n) is 6.99. The third kappa shape index (κ3) is 3.52. The van der Waals surface area contributed by atoms with E-state index in [0.29, 0.717) is 5.56 Å². The van der Waals surface area contributed by atoms with Crippen molar-refractivity contribution in [3.63, 3.8) is 0 Å². The van der Waals surface area contributed by atoms with Crippen LogP contribution < -0.4 is 0 Å². The zero-order valence-corrected chi connectivity index (χ0v) is 13.3. The van der Waals surface area contributed by atoms with Gasteiger partial charge in [0.2, 0.25) is 0 Å². The summed E-state index contributed by atoms with van der Waals surface area (Å²) < 4.78 is 4.98. The topological polar surface area (TPSA) is 56.9 Å². The minimum absolute atomic E-state index is 0.0404. The zero-order valence-electron chi connectivity index (χ0n) is 13.3. The molecule has 1 aliphatic carbocycles. The van der Waals surface area contributed by atoms with Gasteiger partial charge in [0, 0.05) is 32.7 Å². The molecule has 0 atom stereocenters. The minimum Gasteiger partial charge on any atom is -0.472 e. The second-order valence-corrected chi connectivity index (χ2v) is 6.99. The number of nitrogens with zero attached hydrogens (tertiary/aromatic N) is 2. The Labute approximate surface area is 131 Å². The Morgan fingerprint density at radius 1 is 1.32 bits per heavy atom. The molecule has 1 N–H and O–H groups in total. The average Bonchev–Trinajstić information content (AvgIpc) is 3.05. The lowest BCUT2D eigenvalue weighted by molar-refractivity contribution is -0.0418. The van der Waals surface area contributed by atoms with Crippen LogP contribution in [0.5, 0.6) is 0 Å². The van der Waals surface area contributed by atoms with Gasteiger partial charge in [0.1, 0.15) is 6.26 Å². The molecule has 0 unspecified atom stereocenters. The van der Waals surface area contributed by atoms with E-state index in [4.69, 9.17) is 4.42 Å². The molecule has 0 bridgehead atoms. The van der Waals surface area contributed by atoms with Crippen LogP contribution in [-0.4, -0.2) is 59.1 Å². The summed E-state index contributed by atoms with van der Waals surface area (Å²) in [6.07, 6.45) is 7.08. The maximum absolute atomic E-state index is 12.3. The number of aliphatic hydroxyl groups is 1. The summed E-state index contributed by atoms with van der Waals surface area (Å²) in [6.45, 7) is 6.11. The van der Waals surface area contributed by atoms with Crippen LogP contribution in [0.1, 0.15) is 43.0 Å². The van der Waals surface area contributed by atoms with Gasteiger partial charge in [-0.15, -0.1) is 0 Å². The number of hydrogen-bond donors (Lipinski definition) is 1. The molecule has 2 heterocycles. The summed E-state index contributed by atoms with van der Waals surface area (Å²) in [4.78, 5) is 16.4. The van der Waals surface area contributed by atoms with Gasteiger partial charge in [0.25, 0.3) is 5.91 Å². The molecule has 1 aromatic heterocycles. The standard InChI is InChI=1S/C17H26N2O3/c1-14-2-5-17(21,6-3-14)13-18-7-9-19(10-8-18)16(20)15-4-11-22-12-15/h4,11-12,14,21H,2-3,5-10,13H2,1H3. The number of carbonyl (C=O) groups excluding carboxylic acids is 1. The van der Waals surface area contributed by atoms with E-state index in [0.717, 1.165) is 64.3 Å². The van der Waals surface area contributed by atoms with Crippen molar-refractivity contribution >= 4 is 5.91 Å². The predicted octanol–water partition coefficient (Wildman–Crippen LogP) is 1.98. The number of furan rings is 1. The van der Waals surface area contributed by atoms with E-state index in [1.54, 1.807) is 6.07 Å². The number of β-amino-alcohol motifs (C(OH)–C–C–N with tert-alkyl or cyclic N) is 1. The van der Waals surface area contributed by atoms with E-state index < -0.39 is 5.60 Å². The Kier molecular flexibility index (Phi) is 4.54. The molecule has 1 amide bonds. The van der Waals surface area contributed by atoms with Crippen LogP contribution in [0.3, 0.4) is 0 Å². The highest BCUT2D eigenvalue weighted by Crippen LogP contribution is 2.32. The fraction of sp³-hybridized carbons (Fsp3) is 0.706. The van der Waals surface area contributed by atoms with Gasteiger partial charge in [-0.1, -0.05) is 6.92 Å². The first-order chi connectivity index (χ1) is 10.6. The third-order valence-electron chi connectivity index (χ3n) is 5.15. The van der Waals surface area contributed by atoms with Crippen molar-refractivity contribution in [3.05, 3.63) is 24.2 Å². The maximum atomic E-state index is 12.3. The number of amides is 1. The quantitative estimate of drug-likeness (QED) is 0.928. The lowest BCUT2D eigenvalue weighted by atomic mass is 9.79. The van der Waals surface area contributed by atoms with Crippen molar-refractivity contribution in [2.24, 2.45) is 5.92 Å². The Morgan fingerprint density at radius 2 is 2.00 bits per heavy atom. The molecule has 0 aromatic carbocycles. The van der Waals surface area contributed by atoms with Crippen molar-refractivity contribution < 1.29 is 14.3 Å². The second kappa shape index (κ2) is 6.42. The Morgan fingerprint density at radius 3 is 2.59 bits per heavy atom. The molecular weight excluding hydrogens is 280 g/mol. The van der Waals surface area contributed by atoms with Gasteiger partial charge in [0.05, 0.1) is 17.4 Å². The van der Waals surface area contributed by atoms with Crippen molar-refractivity contribution in [1.82, 2.24) is 9.80 Å². The van der Waals surface area contributed by atoms with E-state index in [1.165, 1.54) is 12.5 Å². The van der Waals surface area contributed by atoms with Crippen molar-refractivity contribution in [2.45, 2.75) is 38.2 Å². The molecule has 22 heavy (non-hydrogen) atoms. The first-order valence-corrected chi connectivity index (χ1v) is 8.32. The fourth-order valence-electron chi connectivity index (χ4n) is 3.55. The molecule has 1 aromatic rings. The molecule has 1 saturated heterocycles. The summed E-state index contributed by atoms with van der Waals surface area (Å²) in [5.74, 6) is 0.781. The van der Waals surface area contributed by atoms with Gasteiger partial charge < -0.3 is 14.4 Å². The SMILES string of the molecule is CC1CCC(O)(CN2CCN(C(=O)c3ccoc3)CC2)CC1. The van der Waals surface area contributed by atoms with Gasteiger partial charge in [-0.3, -0.25) is 9.69 Å². The fourth-order valence-corrected chi connectivity index (χ4v) is 3.55. The molecule has 5 heteroatoms. The number of piperazine rings is 1. The summed E-state index contributed by atoms with van der Waals surface area (Å²) in [5.41, 5.74) is 0.0943. The van der Waals surface area contributed by atoms with Crippen LogP contribution in [0.25, 0.3) is 0 Å². The summed E-state index contributed by atoms with van der Waals surface area (Å²) in [5, 5.41) is 10.7.